The first-order valence-electron chi connectivity index (χ1n) is 9.67. The van der Waals surface area contributed by atoms with Crippen LogP contribution in [0.3, 0.4) is 0 Å². The molecule has 0 aromatic heterocycles. The third kappa shape index (κ3) is 4.33. The smallest absolute Gasteiger partial charge is 0.311 e. The molecule has 1 aromatic carbocycles. The molecule has 0 spiro atoms. The second-order valence-electron chi connectivity index (χ2n) is 7.59. The lowest BCUT2D eigenvalue weighted by Crippen LogP contribution is -2.47. The van der Waals surface area contributed by atoms with Gasteiger partial charge in [-0.2, -0.15) is 5.26 Å². The van der Waals surface area contributed by atoms with Gasteiger partial charge in [0.15, 0.2) is 6.61 Å². The average Bonchev–Trinajstić information content (AvgIpc) is 3.33. The van der Waals surface area contributed by atoms with Crippen LogP contribution >= 0.6 is 0 Å². The highest BCUT2D eigenvalue weighted by molar-refractivity contribution is 5.88. The molecule has 2 fully saturated rings. The molecule has 3 rings (SSSR count). The van der Waals surface area contributed by atoms with Crippen LogP contribution in [0.5, 0.6) is 0 Å². The lowest BCUT2D eigenvalue weighted by Gasteiger charge is -2.25. The van der Waals surface area contributed by atoms with E-state index in [0.29, 0.717) is 12.8 Å². The van der Waals surface area contributed by atoms with Crippen molar-refractivity contribution in [3.05, 3.63) is 35.9 Å². The van der Waals surface area contributed by atoms with Crippen molar-refractivity contribution in [2.24, 2.45) is 5.92 Å². The summed E-state index contributed by atoms with van der Waals surface area (Å²) in [7, 11) is 0. The van der Waals surface area contributed by atoms with Crippen molar-refractivity contribution in [1.82, 2.24) is 10.2 Å². The predicted molar refractivity (Wildman–Crippen MR) is 101 cm³/mol. The molecular formula is C21H25N3O4. The van der Waals surface area contributed by atoms with Crippen LogP contribution in [0.2, 0.25) is 0 Å². The second-order valence-corrected chi connectivity index (χ2v) is 7.59. The molecule has 28 heavy (non-hydrogen) atoms. The van der Waals surface area contributed by atoms with Gasteiger partial charge in [-0.3, -0.25) is 14.4 Å². The van der Waals surface area contributed by atoms with Crippen molar-refractivity contribution < 1.29 is 19.1 Å². The second kappa shape index (κ2) is 8.42. The standard InChI is InChI=1S/C21H25N3O4/c1-15(16-7-3-2-4-8-16)24-12-17(11-19(24)26)20(27)28-13-18(25)23-21(14-22)9-5-6-10-21/h2-4,7-8,15,17H,5-6,9-13H2,1H3,(H,23,25)/t15-,17-/m1/s1. The Balaban J connectivity index is 1.51. The fraction of sp³-hybridized carbons (Fsp3) is 0.524. The summed E-state index contributed by atoms with van der Waals surface area (Å²) in [6.07, 6.45) is 3.11. The molecule has 148 valence electrons. The van der Waals surface area contributed by atoms with Crippen LogP contribution in [-0.2, 0) is 19.1 Å². The number of likely N-dealkylation sites (tertiary alicyclic amines) is 1. The van der Waals surface area contributed by atoms with E-state index in [1.54, 1.807) is 4.90 Å². The molecule has 1 aliphatic heterocycles. The predicted octanol–water partition coefficient (Wildman–Crippen LogP) is 2.09. The molecule has 0 unspecified atom stereocenters. The first-order chi connectivity index (χ1) is 13.4. The van der Waals surface area contributed by atoms with Gasteiger partial charge in [-0.1, -0.05) is 30.3 Å². The highest BCUT2D eigenvalue weighted by Gasteiger charge is 2.39. The Labute approximate surface area is 164 Å². The molecule has 7 heteroatoms. The molecule has 1 heterocycles. The quantitative estimate of drug-likeness (QED) is 0.758. The number of ether oxygens (including phenoxy) is 1. The van der Waals surface area contributed by atoms with Crippen LogP contribution in [0.25, 0.3) is 0 Å². The zero-order valence-corrected chi connectivity index (χ0v) is 16.0. The van der Waals surface area contributed by atoms with E-state index in [0.717, 1.165) is 18.4 Å². The molecule has 2 amide bonds. The average molecular weight is 383 g/mol. The largest absolute Gasteiger partial charge is 0.455 e. The lowest BCUT2D eigenvalue weighted by molar-refractivity contribution is -0.152. The minimum atomic E-state index is -0.839. The first-order valence-corrected chi connectivity index (χ1v) is 9.67. The van der Waals surface area contributed by atoms with E-state index in [4.69, 9.17) is 4.74 Å². The molecule has 2 atom stereocenters. The summed E-state index contributed by atoms with van der Waals surface area (Å²) >= 11 is 0. The number of carbonyl (C=O) groups is 3. The summed E-state index contributed by atoms with van der Waals surface area (Å²) in [6.45, 7) is 1.77. The van der Waals surface area contributed by atoms with Gasteiger partial charge < -0.3 is 15.0 Å². The van der Waals surface area contributed by atoms with E-state index in [-0.39, 0.29) is 24.9 Å². The van der Waals surface area contributed by atoms with Crippen LogP contribution in [-0.4, -0.2) is 41.4 Å². The van der Waals surface area contributed by atoms with Crippen molar-refractivity contribution in [3.63, 3.8) is 0 Å². The number of hydrogen-bond donors (Lipinski definition) is 1. The molecule has 2 aliphatic rings. The van der Waals surface area contributed by atoms with Gasteiger partial charge in [-0.25, -0.2) is 0 Å². The van der Waals surface area contributed by atoms with E-state index in [9.17, 15) is 19.6 Å². The third-order valence-electron chi connectivity index (χ3n) is 5.64. The minimum Gasteiger partial charge on any atom is -0.455 e. The van der Waals surface area contributed by atoms with Crippen molar-refractivity contribution in [3.8, 4) is 6.07 Å². The lowest BCUT2D eigenvalue weighted by atomic mass is 10.00. The van der Waals surface area contributed by atoms with Crippen molar-refractivity contribution in [2.75, 3.05) is 13.2 Å². The maximum Gasteiger partial charge on any atom is 0.311 e. The molecule has 1 saturated carbocycles. The number of nitriles is 1. The summed E-state index contributed by atoms with van der Waals surface area (Å²) in [6, 6.07) is 11.7. The minimum absolute atomic E-state index is 0.0831. The Morgan fingerprint density at radius 3 is 2.64 bits per heavy atom. The number of carbonyl (C=O) groups excluding carboxylic acids is 3. The van der Waals surface area contributed by atoms with Crippen LogP contribution in [0.1, 0.15) is 50.6 Å². The van der Waals surface area contributed by atoms with E-state index < -0.39 is 29.9 Å². The van der Waals surface area contributed by atoms with Crippen LogP contribution < -0.4 is 5.32 Å². The van der Waals surface area contributed by atoms with Crippen LogP contribution in [0.15, 0.2) is 30.3 Å². The SMILES string of the molecule is C[C@H](c1ccccc1)N1C[C@H](C(=O)OCC(=O)NC2(C#N)CCCC2)CC1=O. The fourth-order valence-corrected chi connectivity index (χ4v) is 3.98. The van der Waals surface area contributed by atoms with Crippen molar-refractivity contribution >= 4 is 17.8 Å². The van der Waals surface area contributed by atoms with Crippen LogP contribution in [0.4, 0.5) is 0 Å². The summed E-state index contributed by atoms with van der Waals surface area (Å²) in [5.41, 5.74) is 0.164. The molecule has 1 saturated heterocycles. The number of nitrogens with zero attached hydrogens (tertiary/aromatic N) is 2. The van der Waals surface area contributed by atoms with Gasteiger partial charge in [0.1, 0.15) is 5.54 Å². The van der Waals surface area contributed by atoms with Gasteiger partial charge in [0, 0.05) is 13.0 Å². The summed E-state index contributed by atoms with van der Waals surface area (Å²) in [4.78, 5) is 38.5. The molecule has 1 N–H and O–H groups in total. The van der Waals surface area contributed by atoms with Gasteiger partial charge >= 0.3 is 5.97 Å². The topological polar surface area (TPSA) is 99.5 Å². The number of benzene rings is 1. The number of amides is 2. The Hall–Kier alpha value is -2.88. The molecule has 7 nitrogen and oxygen atoms in total. The number of rotatable bonds is 6. The van der Waals surface area contributed by atoms with Crippen LogP contribution in [0, 0.1) is 17.2 Å². The van der Waals surface area contributed by atoms with Gasteiger partial charge in [0.05, 0.1) is 18.0 Å². The zero-order chi connectivity index (χ0) is 20.1. The maximum absolute atomic E-state index is 12.4. The Kier molecular flexibility index (Phi) is 5.98. The van der Waals surface area contributed by atoms with Crippen molar-refractivity contribution in [2.45, 2.75) is 50.6 Å². The highest BCUT2D eigenvalue weighted by Crippen LogP contribution is 2.30. The van der Waals surface area contributed by atoms with Gasteiger partial charge in [-0.05, 0) is 38.2 Å². The van der Waals surface area contributed by atoms with Gasteiger partial charge in [-0.15, -0.1) is 0 Å². The highest BCUT2D eigenvalue weighted by atomic mass is 16.5. The number of nitrogens with one attached hydrogen (secondary N) is 1. The summed E-state index contributed by atoms with van der Waals surface area (Å²) in [5.74, 6) is -1.71. The van der Waals surface area contributed by atoms with E-state index >= 15 is 0 Å². The van der Waals surface area contributed by atoms with Gasteiger partial charge in [0.25, 0.3) is 5.91 Å². The van der Waals surface area contributed by atoms with E-state index in [1.165, 1.54) is 0 Å². The molecule has 1 aliphatic carbocycles. The molecular weight excluding hydrogens is 358 g/mol. The Morgan fingerprint density at radius 2 is 2.00 bits per heavy atom. The van der Waals surface area contributed by atoms with E-state index in [1.807, 2.05) is 37.3 Å². The zero-order valence-electron chi connectivity index (χ0n) is 16.0. The summed E-state index contributed by atoms with van der Waals surface area (Å²) in [5, 5.41) is 12.0. The normalized spacial score (nSPS) is 21.8. The number of hydrogen-bond acceptors (Lipinski definition) is 5. The monoisotopic (exact) mass is 383 g/mol. The Morgan fingerprint density at radius 1 is 1.32 bits per heavy atom. The number of esters is 1. The summed E-state index contributed by atoms with van der Waals surface area (Å²) < 4.78 is 5.13. The van der Waals surface area contributed by atoms with Gasteiger partial charge in [0.2, 0.25) is 5.91 Å². The molecule has 0 radical (unpaired) electrons. The molecule has 0 bridgehead atoms. The fourth-order valence-electron chi connectivity index (χ4n) is 3.98. The maximum atomic E-state index is 12.4. The first kappa shape index (κ1) is 19.9. The third-order valence-corrected chi connectivity index (χ3v) is 5.64. The van der Waals surface area contributed by atoms with Crippen molar-refractivity contribution in [1.29, 1.82) is 5.26 Å². The Bertz CT molecular complexity index is 781. The molecule has 1 aromatic rings. The van der Waals surface area contributed by atoms with E-state index in [2.05, 4.69) is 11.4 Å².